The third-order valence-electron chi connectivity index (χ3n) is 3.52. The van der Waals surface area contributed by atoms with Crippen LogP contribution in [0.5, 0.6) is 0 Å². The topological polar surface area (TPSA) is 73.3 Å². The molecule has 0 amide bonds. The summed E-state index contributed by atoms with van der Waals surface area (Å²) >= 11 is 6.22. The summed E-state index contributed by atoms with van der Waals surface area (Å²) in [5.74, 6) is 0.340. The molecular formula is C13H18ClN3O. The number of nitrogen functional groups attached to an aromatic ring is 1. The predicted molar refractivity (Wildman–Crippen MR) is 74.5 cm³/mol. The fraction of sp³-hybridized carbons (Fsp3) is 0.462. The van der Waals surface area contributed by atoms with Gasteiger partial charge in [0.1, 0.15) is 5.84 Å². The highest BCUT2D eigenvalue weighted by Crippen LogP contribution is 2.30. The van der Waals surface area contributed by atoms with Gasteiger partial charge in [0.25, 0.3) is 0 Å². The molecule has 1 aliphatic heterocycles. The van der Waals surface area contributed by atoms with Crippen LogP contribution in [0.3, 0.4) is 0 Å². The van der Waals surface area contributed by atoms with Crippen molar-refractivity contribution in [1.82, 2.24) is 0 Å². The second kappa shape index (κ2) is 5.16. The normalized spacial score (nSPS) is 24.1. The van der Waals surface area contributed by atoms with Crippen LogP contribution in [0.2, 0.25) is 5.02 Å². The van der Waals surface area contributed by atoms with Crippen LogP contribution in [0.4, 0.5) is 5.69 Å². The Bertz CT molecular complexity index is 464. The van der Waals surface area contributed by atoms with Gasteiger partial charge in [-0.05, 0) is 30.5 Å². The van der Waals surface area contributed by atoms with Crippen LogP contribution in [0, 0.1) is 11.3 Å². The first-order valence-electron chi connectivity index (χ1n) is 6.06. The maximum atomic E-state index is 9.90. The second-order valence-corrected chi connectivity index (χ2v) is 5.27. The van der Waals surface area contributed by atoms with Gasteiger partial charge in [-0.1, -0.05) is 18.5 Å². The van der Waals surface area contributed by atoms with Crippen molar-refractivity contribution in [3.63, 3.8) is 0 Å². The Labute approximate surface area is 112 Å². The highest BCUT2D eigenvalue weighted by atomic mass is 35.5. The number of β-amino-alcohol motifs (C(OH)–C–C–N with tert-alkyl or cyclic N) is 1. The molecule has 1 aromatic rings. The van der Waals surface area contributed by atoms with E-state index in [1.165, 1.54) is 0 Å². The zero-order valence-electron chi connectivity index (χ0n) is 10.4. The lowest BCUT2D eigenvalue weighted by Gasteiger charge is -2.36. The SMILES string of the molecule is CC1CCN(c2ccc(C(=N)N)cc2Cl)CC1O. The van der Waals surface area contributed by atoms with E-state index in [1.54, 1.807) is 12.1 Å². The first-order chi connectivity index (χ1) is 8.49. The van der Waals surface area contributed by atoms with Crippen LogP contribution in [-0.4, -0.2) is 30.1 Å². The number of hydrogen-bond acceptors (Lipinski definition) is 3. The first-order valence-corrected chi connectivity index (χ1v) is 6.44. The summed E-state index contributed by atoms with van der Waals surface area (Å²) in [6, 6.07) is 5.35. The lowest BCUT2D eigenvalue weighted by molar-refractivity contribution is 0.103. The summed E-state index contributed by atoms with van der Waals surface area (Å²) in [5, 5.41) is 17.8. The number of benzene rings is 1. The third kappa shape index (κ3) is 2.60. The molecule has 18 heavy (non-hydrogen) atoms. The smallest absolute Gasteiger partial charge is 0.122 e. The predicted octanol–water partition coefficient (Wildman–Crippen LogP) is 1.83. The number of amidine groups is 1. The quantitative estimate of drug-likeness (QED) is 0.565. The van der Waals surface area contributed by atoms with E-state index in [4.69, 9.17) is 22.7 Å². The number of rotatable bonds is 2. The lowest BCUT2D eigenvalue weighted by atomic mass is 9.95. The summed E-state index contributed by atoms with van der Waals surface area (Å²) in [7, 11) is 0. The molecular weight excluding hydrogens is 250 g/mol. The zero-order chi connectivity index (χ0) is 13.3. The summed E-state index contributed by atoms with van der Waals surface area (Å²) < 4.78 is 0. The molecule has 2 rings (SSSR count). The number of nitrogens with zero attached hydrogens (tertiary/aromatic N) is 1. The Morgan fingerprint density at radius 2 is 2.28 bits per heavy atom. The van der Waals surface area contributed by atoms with Crippen LogP contribution >= 0.6 is 11.6 Å². The fourth-order valence-electron chi connectivity index (χ4n) is 2.20. The molecule has 1 heterocycles. The average Bonchev–Trinajstić information content (AvgIpc) is 2.32. The fourth-order valence-corrected chi connectivity index (χ4v) is 2.50. The van der Waals surface area contributed by atoms with Gasteiger partial charge < -0.3 is 15.7 Å². The standard InChI is InChI=1S/C13H18ClN3O/c1-8-4-5-17(7-12(8)18)11-3-2-9(13(15)16)6-10(11)14/h2-3,6,8,12,18H,4-5,7H2,1H3,(H3,15,16). The monoisotopic (exact) mass is 267 g/mol. The maximum Gasteiger partial charge on any atom is 0.122 e. The van der Waals surface area contributed by atoms with E-state index in [1.807, 2.05) is 6.07 Å². The van der Waals surface area contributed by atoms with Crippen LogP contribution < -0.4 is 10.6 Å². The summed E-state index contributed by atoms with van der Waals surface area (Å²) in [5.41, 5.74) is 6.94. The van der Waals surface area contributed by atoms with Gasteiger partial charge in [-0.3, -0.25) is 5.41 Å². The molecule has 4 nitrogen and oxygen atoms in total. The Balaban J connectivity index is 2.21. The third-order valence-corrected chi connectivity index (χ3v) is 3.82. The molecule has 0 aromatic heterocycles. The van der Waals surface area contributed by atoms with E-state index < -0.39 is 0 Å². The molecule has 0 spiro atoms. The number of anilines is 1. The molecule has 1 fully saturated rings. The van der Waals surface area contributed by atoms with Gasteiger partial charge in [-0.2, -0.15) is 0 Å². The van der Waals surface area contributed by atoms with E-state index in [0.29, 0.717) is 23.0 Å². The van der Waals surface area contributed by atoms with Crippen LogP contribution in [0.25, 0.3) is 0 Å². The van der Waals surface area contributed by atoms with Gasteiger partial charge in [0, 0.05) is 18.7 Å². The van der Waals surface area contributed by atoms with Crippen LogP contribution in [0.1, 0.15) is 18.9 Å². The van der Waals surface area contributed by atoms with E-state index in [9.17, 15) is 5.11 Å². The Morgan fingerprint density at radius 3 is 2.83 bits per heavy atom. The number of nitrogens with two attached hydrogens (primary N) is 1. The van der Waals surface area contributed by atoms with Gasteiger partial charge in [0.15, 0.2) is 0 Å². The first kappa shape index (κ1) is 13.2. The average molecular weight is 268 g/mol. The van der Waals surface area contributed by atoms with Crippen molar-refractivity contribution in [3.05, 3.63) is 28.8 Å². The summed E-state index contributed by atoms with van der Waals surface area (Å²) in [6.07, 6.45) is 0.633. The lowest BCUT2D eigenvalue weighted by Crippen LogP contribution is -2.43. The molecule has 0 saturated carbocycles. The van der Waals surface area contributed by atoms with Gasteiger partial charge in [-0.15, -0.1) is 0 Å². The number of aliphatic hydroxyl groups excluding tert-OH is 1. The minimum absolute atomic E-state index is 0.00995. The van der Waals surface area contributed by atoms with Gasteiger partial charge >= 0.3 is 0 Å². The number of aliphatic hydroxyl groups is 1. The zero-order valence-corrected chi connectivity index (χ0v) is 11.1. The van der Waals surface area contributed by atoms with E-state index in [-0.39, 0.29) is 11.9 Å². The van der Waals surface area contributed by atoms with Crippen molar-refractivity contribution < 1.29 is 5.11 Å². The van der Waals surface area contributed by atoms with Crippen molar-refractivity contribution >= 4 is 23.1 Å². The number of piperidine rings is 1. The number of halogens is 1. The second-order valence-electron chi connectivity index (χ2n) is 4.86. The molecule has 0 aliphatic carbocycles. The van der Waals surface area contributed by atoms with E-state index in [2.05, 4.69) is 11.8 Å². The van der Waals surface area contributed by atoms with Gasteiger partial charge in [0.2, 0.25) is 0 Å². The summed E-state index contributed by atoms with van der Waals surface area (Å²) in [6.45, 7) is 3.54. The minimum atomic E-state index is -0.317. The van der Waals surface area contributed by atoms with Crippen molar-refractivity contribution in [3.8, 4) is 0 Å². The molecule has 2 unspecified atom stereocenters. The molecule has 1 aliphatic rings. The number of nitrogens with one attached hydrogen (secondary N) is 1. The van der Waals surface area contributed by atoms with E-state index in [0.717, 1.165) is 18.7 Å². The van der Waals surface area contributed by atoms with Gasteiger partial charge in [0.05, 0.1) is 16.8 Å². The minimum Gasteiger partial charge on any atom is -0.391 e. The van der Waals surface area contributed by atoms with Crippen molar-refractivity contribution in [2.24, 2.45) is 11.7 Å². The molecule has 5 heteroatoms. The molecule has 98 valence electrons. The molecule has 4 N–H and O–H groups in total. The Hall–Kier alpha value is -1.26. The van der Waals surface area contributed by atoms with E-state index >= 15 is 0 Å². The highest BCUT2D eigenvalue weighted by molar-refractivity contribution is 6.33. The molecule has 1 saturated heterocycles. The van der Waals surface area contributed by atoms with Crippen molar-refractivity contribution in [2.75, 3.05) is 18.0 Å². The molecule has 1 aromatic carbocycles. The van der Waals surface area contributed by atoms with Crippen LogP contribution in [0.15, 0.2) is 18.2 Å². The van der Waals surface area contributed by atoms with Crippen LogP contribution in [-0.2, 0) is 0 Å². The number of hydrogen-bond donors (Lipinski definition) is 3. The Morgan fingerprint density at radius 1 is 1.56 bits per heavy atom. The van der Waals surface area contributed by atoms with Gasteiger partial charge in [-0.25, -0.2) is 0 Å². The largest absolute Gasteiger partial charge is 0.391 e. The molecule has 0 radical (unpaired) electrons. The summed E-state index contributed by atoms with van der Waals surface area (Å²) in [4.78, 5) is 2.08. The highest BCUT2D eigenvalue weighted by Gasteiger charge is 2.25. The molecule has 2 atom stereocenters. The van der Waals surface area contributed by atoms with Crippen molar-refractivity contribution in [1.29, 1.82) is 5.41 Å². The Kier molecular flexibility index (Phi) is 3.78. The maximum absolute atomic E-state index is 9.90. The molecule has 0 bridgehead atoms. The van der Waals surface area contributed by atoms with Crippen molar-refractivity contribution in [2.45, 2.75) is 19.4 Å².